The first-order valence-electron chi connectivity index (χ1n) is 24.6. The van der Waals surface area contributed by atoms with E-state index in [1.807, 2.05) is 0 Å². The van der Waals surface area contributed by atoms with E-state index in [0.717, 1.165) is 89.9 Å². The Morgan fingerprint density at radius 1 is 0.524 bits per heavy atom. The molecule has 0 aromatic rings. The minimum Gasteiger partial charge on any atom is -0.480 e. The number of phosphoric ester groups is 1. The number of phosphoric acid groups is 1. The van der Waals surface area contributed by atoms with Gasteiger partial charge in [0.1, 0.15) is 12.1 Å². The molecule has 4 N–H and O–H groups in total. The first kappa shape index (κ1) is 60.2. The van der Waals surface area contributed by atoms with Crippen LogP contribution in [-0.2, 0) is 32.7 Å². The van der Waals surface area contributed by atoms with Gasteiger partial charge in [-0.2, -0.15) is 0 Å². The monoisotopic (exact) mass is 904 g/mol. The van der Waals surface area contributed by atoms with Crippen LogP contribution in [0.5, 0.6) is 0 Å². The van der Waals surface area contributed by atoms with Crippen molar-refractivity contribution in [3.8, 4) is 0 Å². The molecular formula is C52H90NO9P. The van der Waals surface area contributed by atoms with E-state index in [1.54, 1.807) is 0 Å². The molecule has 63 heavy (non-hydrogen) atoms. The van der Waals surface area contributed by atoms with Gasteiger partial charge in [-0.3, -0.25) is 18.6 Å². The fourth-order valence-corrected chi connectivity index (χ4v) is 7.14. The van der Waals surface area contributed by atoms with Crippen LogP contribution in [0.3, 0.4) is 0 Å². The number of carbonyl (C=O) groups is 2. The van der Waals surface area contributed by atoms with E-state index < -0.39 is 45.1 Å². The van der Waals surface area contributed by atoms with E-state index in [1.165, 1.54) is 77.0 Å². The zero-order valence-corrected chi connectivity index (χ0v) is 40.5. The van der Waals surface area contributed by atoms with Crippen LogP contribution in [0.15, 0.2) is 85.1 Å². The molecule has 10 nitrogen and oxygen atoms in total. The second kappa shape index (κ2) is 47.1. The Kier molecular flexibility index (Phi) is 45.0. The molecule has 0 aliphatic rings. The van der Waals surface area contributed by atoms with E-state index in [2.05, 4.69) is 98.9 Å². The summed E-state index contributed by atoms with van der Waals surface area (Å²) >= 11 is 0. The maximum absolute atomic E-state index is 12.7. The predicted molar refractivity (Wildman–Crippen MR) is 263 cm³/mol. The number of rotatable bonds is 46. The third kappa shape index (κ3) is 46.9. The van der Waals surface area contributed by atoms with Gasteiger partial charge in [0.15, 0.2) is 0 Å². The Labute approximate surface area is 384 Å². The van der Waals surface area contributed by atoms with E-state index >= 15 is 0 Å². The number of hydrogen-bond acceptors (Lipinski definition) is 8. The van der Waals surface area contributed by atoms with Crippen LogP contribution in [0.4, 0.5) is 0 Å². The van der Waals surface area contributed by atoms with Crippen molar-refractivity contribution in [2.45, 2.75) is 206 Å². The molecule has 0 aromatic carbocycles. The van der Waals surface area contributed by atoms with Crippen LogP contribution in [0.2, 0.25) is 0 Å². The number of carboxylic acids is 1. The lowest BCUT2D eigenvalue weighted by atomic mass is 10.1. The number of aliphatic carboxylic acids is 1. The predicted octanol–water partition coefficient (Wildman–Crippen LogP) is 14.3. The summed E-state index contributed by atoms with van der Waals surface area (Å²) in [6, 6.07) is -1.48. The topological polar surface area (TPSA) is 155 Å². The number of hydrogen-bond donors (Lipinski definition) is 3. The lowest BCUT2D eigenvalue weighted by Gasteiger charge is -2.20. The Bertz CT molecular complexity index is 1320. The van der Waals surface area contributed by atoms with Crippen LogP contribution in [-0.4, -0.2) is 60.5 Å². The van der Waals surface area contributed by atoms with Gasteiger partial charge in [0.05, 0.1) is 19.8 Å². The maximum atomic E-state index is 12.7. The molecule has 0 spiro atoms. The smallest absolute Gasteiger partial charge is 0.472 e. The number of allylic oxidation sites excluding steroid dienone is 14. The van der Waals surface area contributed by atoms with Crippen molar-refractivity contribution in [1.82, 2.24) is 0 Å². The standard InChI is InChI=1S/C52H90NO9P/c1-3-5-7-9-11-13-15-17-19-21-22-23-24-25-26-27-29-31-33-35-37-39-41-43-45-59-46-49(47-60-63(57,58)61-48-50(53)52(55)56)62-51(54)44-42-40-38-36-34-32-30-28-20-18-16-14-12-10-8-6-4-2/h6,8,12,14-15,17-18,20-22,24-25,30,32,49-50H,3-5,7,9-11,13,16,19,23,26-29,31,33-48,53H2,1-2H3,(H,55,56)(H,57,58)/b8-6-,14-12-,17-15-,20-18-,22-21-,25-24-,32-30-. The van der Waals surface area contributed by atoms with Crippen LogP contribution in [0.25, 0.3) is 0 Å². The van der Waals surface area contributed by atoms with Gasteiger partial charge in [-0.25, -0.2) is 4.57 Å². The van der Waals surface area contributed by atoms with Gasteiger partial charge in [-0.1, -0.05) is 182 Å². The van der Waals surface area contributed by atoms with Crippen molar-refractivity contribution in [2.75, 3.05) is 26.4 Å². The average molecular weight is 904 g/mol. The molecule has 0 fully saturated rings. The summed E-state index contributed by atoms with van der Waals surface area (Å²) in [5.41, 5.74) is 5.37. The van der Waals surface area contributed by atoms with E-state index in [-0.39, 0.29) is 13.0 Å². The third-order valence-corrected chi connectivity index (χ3v) is 11.1. The molecule has 0 saturated heterocycles. The first-order valence-corrected chi connectivity index (χ1v) is 26.1. The minimum absolute atomic E-state index is 0.00189. The van der Waals surface area contributed by atoms with Crippen molar-refractivity contribution < 1.29 is 42.7 Å². The number of nitrogens with two attached hydrogens (primary N) is 1. The zero-order chi connectivity index (χ0) is 46.2. The highest BCUT2D eigenvalue weighted by atomic mass is 31.2. The molecule has 0 aromatic heterocycles. The largest absolute Gasteiger partial charge is 0.480 e. The molecule has 11 heteroatoms. The van der Waals surface area contributed by atoms with Crippen LogP contribution < -0.4 is 5.73 Å². The van der Waals surface area contributed by atoms with Crippen LogP contribution in [0, 0.1) is 0 Å². The maximum Gasteiger partial charge on any atom is 0.472 e. The average Bonchev–Trinajstić information content (AvgIpc) is 3.26. The molecule has 0 saturated carbocycles. The summed E-state index contributed by atoms with van der Waals surface area (Å²) in [5, 5.41) is 8.92. The molecule has 0 bridgehead atoms. The molecule has 0 aliphatic carbocycles. The van der Waals surface area contributed by atoms with Crippen molar-refractivity contribution in [3.05, 3.63) is 85.1 Å². The number of unbranched alkanes of at least 4 members (excludes halogenated alkanes) is 18. The van der Waals surface area contributed by atoms with Gasteiger partial charge in [0, 0.05) is 13.0 Å². The highest BCUT2D eigenvalue weighted by Crippen LogP contribution is 2.43. The van der Waals surface area contributed by atoms with Gasteiger partial charge in [-0.15, -0.1) is 0 Å². The summed E-state index contributed by atoms with van der Waals surface area (Å²) < 4.78 is 33.4. The Hall–Kier alpha value is -2.85. The molecule has 3 atom stereocenters. The zero-order valence-electron chi connectivity index (χ0n) is 39.6. The van der Waals surface area contributed by atoms with E-state index in [4.69, 9.17) is 29.4 Å². The van der Waals surface area contributed by atoms with Gasteiger partial charge in [0.2, 0.25) is 0 Å². The van der Waals surface area contributed by atoms with Gasteiger partial charge in [0.25, 0.3) is 0 Å². The second-order valence-electron chi connectivity index (χ2n) is 16.2. The van der Waals surface area contributed by atoms with E-state index in [9.17, 15) is 19.0 Å². The molecule has 0 radical (unpaired) electrons. The molecule has 0 heterocycles. The molecule has 362 valence electrons. The number of carbonyl (C=O) groups excluding carboxylic acids is 1. The van der Waals surface area contributed by atoms with E-state index in [0.29, 0.717) is 13.0 Å². The van der Waals surface area contributed by atoms with Crippen molar-refractivity contribution in [1.29, 1.82) is 0 Å². The molecule has 0 aliphatic heterocycles. The SMILES string of the molecule is CC/C=C\C/C=C\C/C=C\C/C=C\CCCCCCC(=O)OC(COCCCCCCCCCCC/C=C\C/C=C\C/C=C\CCCCCCC)COP(=O)(O)OCC(N)C(=O)O. The molecule has 0 amide bonds. The number of esters is 1. The second-order valence-corrected chi connectivity index (χ2v) is 17.7. The minimum atomic E-state index is -4.64. The highest BCUT2D eigenvalue weighted by Gasteiger charge is 2.27. The summed E-state index contributed by atoms with van der Waals surface area (Å²) in [7, 11) is -4.64. The Morgan fingerprint density at radius 2 is 0.921 bits per heavy atom. The lowest BCUT2D eigenvalue weighted by molar-refractivity contribution is -0.154. The lowest BCUT2D eigenvalue weighted by Crippen LogP contribution is -2.34. The first-order chi connectivity index (χ1) is 30.7. The number of carboxylic acid groups (broad SMARTS) is 1. The highest BCUT2D eigenvalue weighted by molar-refractivity contribution is 7.47. The molecule has 0 rings (SSSR count). The van der Waals surface area contributed by atoms with Crippen LogP contribution in [0.1, 0.15) is 194 Å². The summed E-state index contributed by atoms with van der Waals surface area (Å²) in [6.07, 6.45) is 60.7. The molecular weight excluding hydrogens is 814 g/mol. The Balaban J connectivity index is 4.21. The fraction of sp³-hybridized carbons (Fsp3) is 0.692. The van der Waals surface area contributed by atoms with Gasteiger partial charge in [-0.05, 0) is 89.9 Å². The van der Waals surface area contributed by atoms with Gasteiger partial charge < -0.3 is 25.2 Å². The van der Waals surface area contributed by atoms with Crippen LogP contribution >= 0.6 is 7.82 Å². The van der Waals surface area contributed by atoms with Crippen molar-refractivity contribution >= 4 is 19.8 Å². The van der Waals surface area contributed by atoms with Crippen molar-refractivity contribution in [2.24, 2.45) is 5.73 Å². The summed E-state index contributed by atoms with van der Waals surface area (Å²) in [6.45, 7) is 3.71. The number of ether oxygens (including phenoxy) is 2. The Morgan fingerprint density at radius 3 is 1.38 bits per heavy atom. The fourth-order valence-electron chi connectivity index (χ4n) is 6.37. The normalized spacial score (nSPS) is 14.5. The summed E-state index contributed by atoms with van der Waals surface area (Å²) in [5.74, 6) is -1.81. The third-order valence-electron chi connectivity index (χ3n) is 10.2. The molecule has 3 unspecified atom stereocenters. The quantitative estimate of drug-likeness (QED) is 0.0233. The van der Waals surface area contributed by atoms with Crippen molar-refractivity contribution in [3.63, 3.8) is 0 Å². The summed E-state index contributed by atoms with van der Waals surface area (Å²) in [4.78, 5) is 33.6. The van der Waals surface area contributed by atoms with Gasteiger partial charge >= 0.3 is 19.8 Å².